The molecular weight excluding hydrogens is 221 g/mol. The van der Waals surface area contributed by atoms with Crippen LogP contribution in [0, 0.1) is 11.3 Å². The SMILES string of the molecule is CN(CC(F)(F)F)c1ccc(N)c(C#N)n1. The van der Waals surface area contributed by atoms with Crippen molar-refractivity contribution < 1.29 is 13.2 Å². The molecule has 0 unspecified atom stereocenters. The van der Waals surface area contributed by atoms with Gasteiger partial charge < -0.3 is 10.6 Å². The normalized spacial score (nSPS) is 10.9. The molecule has 2 N–H and O–H groups in total. The summed E-state index contributed by atoms with van der Waals surface area (Å²) < 4.78 is 36.3. The molecule has 1 aromatic rings. The van der Waals surface area contributed by atoms with Crippen LogP contribution in [0.5, 0.6) is 0 Å². The van der Waals surface area contributed by atoms with Crippen LogP contribution in [0.25, 0.3) is 0 Å². The van der Waals surface area contributed by atoms with Crippen molar-refractivity contribution in [2.24, 2.45) is 0 Å². The largest absolute Gasteiger partial charge is 0.405 e. The summed E-state index contributed by atoms with van der Waals surface area (Å²) in [6.45, 7) is -1.13. The van der Waals surface area contributed by atoms with E-state index in [1.54, 1.807) is 6.07 Å². The zero-order chi connectivity index (χ0) is 12.3. The molecule has 86 valence electrons. The minimum absolute atomic E-state index is 0.0584. The Balaban J connectivity index is 2.93. The number of nitrogen functional groups attached to an aromatic ring is 1. The number of nitrogens with zero attached hydrogens (tertiary/aromatic N) is 3. The predicted octanol–water partition coefficient (Wildman–Crippen LogP) is 1.53. The molecule has 1 rings (SSSR count). The zero-order valence-electron chi connectivity index (χ0n) is 8.41. The molecule has 0 radical (unpaired) electrons. The van der Waals surface area contributed by atoms with E-state index in [2.05, 4.69) is 4.98 Å². The first-order valence-electron chi connectivity index (χ1n) is 4.28. The van der Waals surface area contributed by atoms with Gasteiger partial charge in [-0.2, -0.15) is 18.4 Å². The fourth-order valence-electron chi connectivity index (χ4n) is 1.11. The first-order valence-corrected chi connectivity index (χ1v) is 4.28. The second kappa shape index (κ2) is 4.26. The minimum Gasteiger partial charge on any atom is -0.396 e. The lowest BCUT2D eigenvalue weighted by molar-refractivity contribution is -0.119. The van der Waals surface area contributed by atoms with E-state index in [4.69, 9.17) is 11.0 Å². The highest BCUT2D eigenvalue weighted by atomic mass is 19.4. The highest BCUT2D eigenvalue weighted by Gasteiger charge is 2.29. The molecule has 7 heteroatoms. The Morgan fingerprint density at radius 3 is 2.62 bits per heavy atom. The van der Waals surface area contributed by atoms with Gasteiger partial charge in [0.05, 0.1) is 5.69 Å². The van der Waals surface area contributed by atoms with Crippen LogP contribution in [0.2, 0.25) is 0 Å². The van der Waals surface area contributed by atoms with Gasteiger partial charge in [0.15, 0.2) is 5.69 Å². The summed E-state index contributed by atoms with van der Waals surface area (Å²) in [7, 11) is 1.24. The second-order valence-corrected chi connectivity index (χ2v) is 3.19. The Morgan fingerprint density at radius 2 is 2.12 bits per heavy atom. The van der Waals surface area contributed by atoms with E-state index >= 15 is 0 Å². The monoisotopic (exact) mass is 230 g/mol. The Bertz CT molecular complexity index is 422. The van der Waals surface area contributed by atoms with Crippen molar-refractivity contribution in [1.82, 2.24) is 4.98 Å². The molecule has 0 fully saturated rings. The van der Waals surface area contributed by atoms with Crippen LogP contribution in [0.15, 0.2) is 12.1 Å². The van der Waals surface area contributed by atoms with Crippen molar-refractivity contribution in [1.29, 1.82) is 5.26 Å². The van der Waals surface area contributed by atoms with Gasteiger partial charge in [-0.3, -0.25) is 0 Å². The summed E-state index contributed by atoms with van der Waals surface area (Å²) in [6, 6.07) is 4.40. The summed E-state index contributed by atoms with van der Waals surface area (Å²) in [5, 5.41) is 8.62. The third kappa shape index (κ3) is 3.02. The third-order valence-electron chi connectivity index (χ3n) is 1.83. The maximum Gasteiger partial charge on any atom is 0.405 e. The molecule has 4 nitrogen and oxygen atoms in total. The molecule has 0 atom stereocenters. The van der Waals surface area contributed by atoms with Crippen LogP contribution in [0.1, 0.15) is 5.69 Å². The van der Waals surface area contributed by atoms with Gasteiger partial charge in [-0.25, -0.2) is 4.98 Å². The van der Waals surface area contributed by atoms with Crippen molar-refractivity contribution in [3.05, 3.63) is 17.8 Å². The molecule has 0 aliphatic carbocycles. The first kappa shape index (κ1) is 12.1. The van der Waals surface area contributed by atoms with Crippen molar-refractivity contribution in [2.75, 3.05) is 24.2 Å². The molecule has 0 saturated heterocycles. The predicted molar refractivity (Wildman–Crippen MR) is 52.7 cm³/mol. The summed E-state index contributed by atoms with van der Waals surface area (Å²) in [5.41, 5.74) is 5.47. The average molecular weight is 230 g/mol. The lowest BCUT2D eigenvalue weighted by Crippen LogP contribution is -2.31. The molecular formula is C9H9F3N4. The van der Waals surface area contributed by atoms with Crippen molar-refractivity contribution in [3.63, 3.8) is 0 Å². The maximum absolute atomic E-state index is 12.1. The molecule has 0 spiro atoms. The number of hydrogen-bond donors (Lipinski definition) is 1. The molecule has 0 aliphatic rings. The number of nitriles is 1. The van der Waals surface area contributed by atoms with Gasteiger partial charge in [-0.15, -0.1) is 0 Å². The van der Waals surface area contributed by atoms with Crippen LogP contribution < -0.4 is 10.6 Å². The quantitative estimate of drug-likeness (QED) is 0.836. The fraction of sp³-hybridized carbons (Fsp3) is 0.333. The Kier molecular flexibility index (Phi) is 3.22. The topological polar surface area (TPSA) is 65.9 Å². The van der Waals surface area contributed by atoms with Gasteiger partial charge in [0, 0.05) is 7.05 Å². The smallest absolute Gasteiger partial charge is 0.396 e. The van der Waals surface area contributed by atoms with Crippen LogP contribution in [-0.2, 0) is 0 Å². The summed E-state index contributed by atoms with van der Waals surface area (Å²) in [5.74, 6) is 0.0584. The van der Waals surface area contributed by atoms with Gasteiger partial charge in [0.25, 0.3) is 0 Å². The zero-order valence-corrected chi connectivity index (χ0v) is 8.41. The number of pyridine rings is 1. The maximum atomic E-state index is 12.1. The summed E-state index contributed by atoms with van der Waals surface area (Å²) >= 11 is 0. The van der Waals surface area contributed by atoms with Gasteiger partial charge >= 0.3 is 6.18 Å². The molecule has 0 aromatic carbocycles. The van der Waals surface area contributed by atoms with Crippen molar-refractivity contribution in [3.8, 4) is 6.07 Å². The number of halogens is 3. The molecule has 0 aliphatic heterocycles. The average Bonchev–Trinajstić information content (AvgIpc) is 2.15. The van der Waals surface area contributed by atoms with Gasteiger partial charge in [0.2, 0.25) is 0 Å². The molecule has 0 amide bonds. The third-order valence-corrected chi connectivity index (χ3v) is 1.83. The minimum atomic E-state index is -4.31. The first-order chi connectivity index (χ1) is 7.33. The highest BCUT2D eigenvalue weighted by Crippen LogP contribution is 2.20. The van der Waals surface area contributed by atoms with E-state index in [0.717, 1.165) is 4.90 Å². The summed E-state index contributed by atoms with van der Waals surface area (Å²) in [4.78, 5) is 4.62. The van der Waals surface area contributed by atoms with Crippen LogP contribution in [-0.4, -0.2) is 24.8 Å². The standard InChI is InChI=1S/C9H9F3N4/c1-16(5-9(10,11)12)8-3-2-6(14)7(4-13)15-8/h2-3H,5,14H2,1H3. The number of rotatable bonds is 2. The van der Waals surface area contributed by atoms with E-state index in [-0.39, 0.29) is 17.2 Å². The summed E-state index contributed by atoms with van der Waals surface area (Å²) in [6.07, 6.45) is -4.31. The van der Waals surface area contributed by atoms with Crippen LogP contribution in [0.3, 0.4) is 0 Å². The van der Waals surface area contributed by atoms with E-state index in [0.29, 0.717) is 0 Å². The highest BCUT2D eigenvalue weighted by molar-refractivity contribution is 5.55. The van der Waals surface area contributed by atoms with E-state index < -0.39 is 12.7 Å². The fourth-order valence-corrected chi connectivity index (χ4v) is 1.11. The lowest BCUT2D eigenvalue weighted by Gasteiger charge is -2.19. The second-order valence-electron chi connectivity index (χ2n) is 3.19. The van der Waals surface area contributed by atoms with Crippen molar-refractivity contribution >= 4 is 11.5 Å². The van der Waals surface area contributed by atoms with Gasteiger partial charge in [-0.1, -0.05) is 0 Å². The van der Waals surface area contributed by atoms with Crippen LogP contribution in [0.4, 0.5) is 24.7 Å². The van der Waals surface area contributed by atoms with E-state index in [1.165, 1.54) is 19.2 Å². The molecule has 0 saturated carbocycles. The Hall–Kier alpha value is -1.97. The lowest BCUT2D eigenvalue weighted by atomic mass is 10.3. The number of anilines is 2. The Labute approximate surface area is 90.1 Å². The Morgan fingerprint density at radius 1 is 1.50 bits per heavy atom. The number of nitrogens with two attached hydrogens (primary N) is 1. The van der Waals surface area contributed by atoms with E-state index in [1.807, 2.05) is 0 Å². The molecule has 1 heterocycles. The van der Waals surface area contributed by atoms with E-state index in [9.17, 15) is 13.2 Å². The molecule has 0 bridgehead atoms. The van der Waals surface area contributed by atoms with Crippen LogP contribution >= 0.6 is 0 Å². The number of hydrogen-bond acceptors (Lipinski definition) is 4. The van der Waals surface area contributed by atoms with Gasteiger partial charge in [-0.05, 0) is 12.1 Å². The molecule has 1 aromatic heterocycles. The molecule has 16 heavy (non-hydrogen) atoms. The van der Waals surface area contributed by atoms with Crippen molar-refractivity contribution in [2.45, 2.75) is 6.18 Å². The number of alkyl halides is 3. The number of aromatic nitrogens is 1. The van der Waals surface area contributed by atoms with Gasteiger partial charge in [0.1, 0.15) is 18.4 Å².